The van der Waals surface area contributed by atoms with E-state index in [1.54, 1.807) is 0 Å². The molecule has 3 nitrogen and oxygen atoms in total. The smallest absolute Gasteiger partial charge is 0.107 e. The van der Waals surface area contributed by atoms with Gasteiger partial charge in [-0.3, -0.25) is 4.98 Å². The van der Waals surface area contributed by atoms with Crippen LogP contribution in [0, 0.1) is 6.85 Å². The average molecular weight is 583 g/mol. The van der Waals surface area contributed by atoms with E-state index in [4.69, 9.17) is 4.11 Å². The van der Waals surface area contributed by atoms with Crippen molar-refractivity contribution in [3.8, 4) is 22.4 Å². The monoisotopic (exact) mass is 582 g/mol. The Balaban J connectivity index is 1.19. The van der Waals surface area contributed by atoms with Gasteiger partial charge in [-0.1, -0.05) is 115 Å². The highest BCUT2D eigenvalue weighted by Gasteiger charge is 2.16. The van der Waals surface area contributed by atoms with Crippen molar-refractivity contribution in [3.05, 3.63) is 168 Å². The van der Waals surface area contributed by atoms with Crippen LogP contribution in [0.2, 0.25) is 0 Å². The molecule has 0 amide bonds. The summed E-state index contributed by atoms with van der Waals surface area (Å²) in [7, 11) is 0. The maximum atomic E-state index is 8.19. The molecule has 0 aliphatic carbocycles. The van der Waals surface area contributed by atoms with Crippen molar-refractivity contribution in [3.63, 3.8) is 0 Å². The third-order valence-electron chi connectivity index (χ3n) is 8.92. The van der Waals surface area contributed by atoms with Crippen molar-refractivity contribution in [1.82, 2.24) is 14.5 Å². The third-order valence-corrected chi connectivity index (χ3v) is 8.92. The minimum Gasteiger partial charge on any atom is -0.324 e. The lowest BCUT2D eigenvalue weighted by Crippen LogP contribution is -2.06. The summed E-state index contributed by atoms with van der Waals surface area (Å²) in [5, 5.41) is 4.97. The van der Waals surface area contributed by atoms with E-state index in [-0.39, 0.29) is 5.82 Å². The number of nitrogens with zero attached hydrogens (tertiary/aromatic N) is 3. The van der Waals surface area contributed by atoms with Gasteiger partial charge in [-0.05, 0) is 93.3 Å². The number of fused-ring (bicyclic) bond motifs is 3. The first-order valence-corrected chi connectivity index (χ1v) is 15.4. The van der Waals surface area contributed by atoms with Crippen LogP contribution in [-0.4, -0.2) is 14.5 Å². The molecule has 0 saturated carbocycles. The van der Waals surface area contributed by atoms with Crippen LogP contribution in [0.5, 0.6) is 0 Å². The zero-order chi connectivity index (χ0) is 32.7. The SMILES string of the molecule is [2H]C([2H])([2H])c1nc2ccccc2n1Cc1ccccc1CCc1c2ccccc2c(-c2ccc(-c3ccccn3)cc2)c2ccccc12. The van der Waals surface area contributed by atoms with Gasteiger partial charge < -0.3 is 4.57 Å². The second kappa shape index (κ2) is 11.5. The van der Waals surface area contributed by atoms with Gasteiger partial charge in [0, 0.05) is 22.4 Å². The van der Waals surface area contributed by atoms with E-state index in [9.17, 15) is 0 Å². The Bertz CT molecular complexity index is 2350. The molecule has 0 aliphatic heterocycles. The van der Waals surface area contributed by atoms with Gasteiger partial charge in [0.05, 0.1) is 16.7 Å². The van der Waals surface area contributed by atoms with Crippen molar-refractivity contribution >= 4 is 32.6 Å². The number of rotatable bonds is 7. The highest BCUT2D eigenvalue weighted by molar-refractivity contribution is 6.15. The molecule has 0 atom stereocenters. The number of imidazole rings is 1. The maximum absolute atomic E-state index is 8.19. The van der Waals surface area contributed by atoms with Crippen LogP contribution in [0.25, 0.3) is 55.0 Å². The fourth-order valence-electron chi connectivity index (χ4n) is 6.76. The van der Waals surface area contributed by atoms with Crippen molar-refractivity contribution in [2.45, 2.75) is 26.2 Å². The predicted octanol–water partition coefficient (Wildman–Crippen LogP) is 10.2. The highest BCUT2D eigenvalue weighted by Crippen LogP contribution is 2.40. The van der Waals surface area contributed by atoms with Gasteiger partial charge in [-0.25, -0.2) is 4.98 Å². The van der Waals surface area contributed by atoms with Crippen molar-refractivity contribution in [1.29, 1.82) is 0 Å². The topological polar surface area (TPSA) is 30.7 Å². The number of pyridine rings is 1. The van der Waals surface area contributed by atoms with Gasteiger partial charge in [-0.2, -0.15) is 0 Å². The van der Waals surface area contributed by atoms with Crippen LogP contribution in [0.3, 0.4) is 0 Å². The van der Waals surface area contributed by atoms with Crippen molar-refractivity contribution < 1.29 is 4.11 Å². The van der Waals surface area contributed by atoms with E-state index in [2.05, 4.69) is 101 Å². The second-order valence-corrected chi connectivity index (χ2v) is 11.5. The van der Waals surface area contributed by atoms with Gasteiger partial charge in [0.1, 0.15) is 5.82 Å². The number of hydrogen-bond acceptors (Lipinski definition) is 2. The van der Waals surface area contributed by atoms with Crippen molar-refractivity contribution in [2.24, 2.45) is 0 Å². The molecule has 0 aliphatic rings. The van der Waals surface area contributed by atoms with E-state index < -0.39 is 6.85 Å². The summed E-state index contributed by atoms with van der Waals surface area (Å²) < 4.78 is 26.4. The first kappa shape index (κ1) is 23.9. The number of aromatic nitrogens is 3. The molecule has 0 fully saturated rings. The zero-order valence-electron chi connectivity index (χ0n) is 27.8. The average Bonchev–Trinajstić information content (AvgIpc) is 3.50. The van der Waals surface area contributed by atoms with Gasteiger partial charge in [0.25, 0.3) is 0 Å². The quantitative estimate of drug-likeness (QED) is 0.175. The van der Waals surface area contributed by atoms with E-state index in [1.807, 2.05) is 59.3 Å². The van der Waals surface area contributed by atoms with Crippen molar-refractivity contribution in [2.75, 3.05) is 0 Å². The van der Waals surface area contributed by atoms with Crippen LogP contribution in [0.4, 0.5) is 0 Å². The lowest BCUT2D eigenvalue weighted by atomic mass is 9.86. The van der Waals surface area contributed by atoms with Gasteiger partial charge in [-0.15, -0.1) is 0 Å². The molecule has 0 saturated heterocycles. The Labute approximate surface area is 267 Å². The summed E-state index contributed by atoms with van der Waals surface area (Å²) in [5.74, 6) is 0.124. The minimum absolute atomic E-state index is 0.124. The normalized spacial score (nSPS) is 12.8. The zero-order valence-corrected chi connectivity index (χ0v) is 24.8. The van der Waals surface area contributed by atoms with Gasteiger partial charge in [0.15, 0.2) is 0 Å². The summed E-state index contributed by atoms with van der Waals surface area (Å²) >= 11 is 0. The molecule has 3 heteroatoms. The molecule has 0 unspecified atom stereocenters. The molecule has 8 rings (SSSR count). The van der Waals surface area contributed by atoms with Gasteiger partial charge >= 0.3 is 0 Å². The summed E-state index contributed by atoms with van der Waals surface area (Å²) in [5.41, 5.74) is 9.63. The fourth-order valence-corrected chi connectivity index (χ4v) is 6.76. The fraction of sp³-hybridized carbons (Fsp3) is 0.0952. The summed E-state index contributed by atoms with van der Waals surface area (Å²) in [6.45, 7) is -1.87. The Morgan fingerprint density at radius 1 is 0.578 bits per heavy atom. The molecule has 6 aromatic carbocycles. The molecule has 216 valence electrons. The van der Waals surface area contributed by atoms with E-state index >= 15 is 0 Å². The lowest BCUT2D eigenvalue weighted by Gasteiger charge is -2.18. The molecular weight excluding hydrogens is 546 g/mol. The van der Waals surface area contributed by atoms with E-state index in [1.165, 1.54) is 43.8 Å². The third kappa shape index (κ3) is 4.97. The Kier molecular flexibility index (Phi) is 6.11. The van der Waals surface area contributed by atoms with Gasteiger partial charge in [0.2, 0.25) is 0 Å². The van der Waals surface area contributed by atoms with Crippen LogP contribution >= 0.6 is 0 Å². The minimum atomic E-state index is -2.31. The Morgan fingerprint density at radius 2 is 1.20 bits per heavy atom. The molecule has 0 spiro atoms. The molecule has 0 radical (unpaired) electrons. The first-order chi connectivity index (χ1) is 23.5. The van der Waals surface area contributed by atoms with Crippen LogP contribution in [0.15, 0.2) is 146 Å². The van der Waals surface area contributed by atoms with E-state index in [0.29, 0.717) is 12.1 Å². The van der Waals surface area contributed by atoms with Crippen LogP contribution in [-0.2, 0) is 19.4 Å². The standard InChI is InChI=1S/C42H33N3/c1-29-44-40-19-8-9-20-41(40)45(29)28-33-13-3-2-12-30(33)25-26-36-34-14-4-6-16-37(34)42(38-17-7-5-15-35(36)38)32-23-21-31(22-24-32)39-18-10-11-27-43-39/h2-24,27H,25-26,28H2,1H3/i1D3. The molecule has 0 N–H and O–H groups in total. The summed E-state index contributed by atoms with van der Waals surface area (Å²) in [4.78, 5) is 9.06. The molecule has 2 aromatic heterocycles. The maximum Gasteiger partial charge on any atom is 0.107 e. The number of aryl methyl sites for hydroxylation is 3. The highest BCUT2D eigenvalue weighted by atomic mass is 15.1. The second-order valence-electron chi connectivity index (χ2n) is 11.5. The molecule has 0 bridgehead atoms. The van der Waals surface area contributed by atoms with E-state index in [0.717, 1.165) is 35.2 Å². The molecule has 2 heterocycles. The predicted molar refractivity (Wildman–Crippen MR) is 188 cm³/mol. The largest absolute Gasteiger partial charge is 0.324 e. The van der Waals surface area contributed by atoms with Crippen LogP contribution in [0.1, 0.15) is 26.6 Å². The molecule has 8 aromatic rings. The molecule has 45 heavy (non-hydrogen) atoms. The number of hydrogen-bond donors (Lipinski definition) is 0. The number of benzene rings is 6. The summed E-state index contributed by atoms with van der Waals surface area (Å²) in [6.07, 6.45) is 3.49. The first-order valence-electron chi connectivity index (χ1n) is 16.9. The summed E-state index contributed by atoms with van der Waals surface area (Å²) in [6, 6.07) is 48.3. The Hall–Kier alpha value is -5.54. The lowest BCUT2D eigenvalue weighted by molar-refractivity contribution is 0.772. The Morgan fingerprint density at radius 3 is 1.91 bits per heavy atom. The molecular formula is C42H33N3. The van der Waals surface area contributed by atoms with Crippen LogP contribution < -0.4 is 0 Å². The number of para-hydroxylation sites is 2.